The monoisotopic (exact) mass is 283 g/mol. The summed E-state index contributed by atoms with van der Waals surface area (Å²) in [7, 11) is 0. The lowest BCUT2D eigenvalue weighted by molar-refractivity contribution is -0.150. The summed E-state index contributed by atoms with van der Waals surface area (Å²) in [6, 6.07) is 0.0401. The highest BCUT2D eigenvalue weighted by atomic mass is 16.5. The summed E-state index contributed by atoms with van der Waals surface area (Å²) < 4.78 is 4.93. The molecule has 0 heterocycles. The lowest BCUT2D eigenvalue weighted by Gasteiger charge is -2.27. The average Bonchev–Trinajstić information content (AvgIpc) is 2.43. The van der Waals surface area contributed by atoms with Crippen molar-refractivity contribution in [2.45, 2.75) is 71.8 Å². The molecule has 0 N–H and O–H groups in total. The highest BCUT2D eigenvalue weighted by molar-refractivity contribution is 5.82. The zero-order valence-corrected chi connectivity index (χ0v) is 13.2. The van der Waals surface area contributed by atoms with Crippen molar-refractivity contribution in [3.63, 3.8) is 0 Å². The molecule has 4 heteroatoms. The molecule has 1 fully saturated rings. The number of nitrogens with zero attached hydrogens (tertiary/aromatic N) is 1. The quantitative estimate of drug-likeness (QED) is 0.674. The predicted molar refractivity (Wildman–Crippen MR) is 79.3 cm³/mol. The fraction of sp³-hybridized carbons (Fsp3) is 0.875. The predicted octanol–water partition coefficient (Wildman–Crippen LogP) is 3.15. The highest BCUT2D eigenvalue weighted by Gasteiger charge is 2.22. The second-order valence-corrected chi connectivity index (χ2v) is 5.96. The molecule has 1 aliphatic carbocycles. The van der Waals surface area contributed by atoms with Crippen molar-refractivity contribution in [3.8, 4) is 0 Å². The summed E-state index contributed by atoms with van der Waals surface area (Å²) in [5.41, 5.74) is 0. The van der Waals surface area contributed by atoms with E-state index in [0.29, 0.717) is 18.9 Å². The number of hydrogen-bond acceptors (Lipinski definition) is 3. The van der Waals surface area contributed by atoms with Crippen LogP contribution in [0.1, 0.15) is 65.7 Å². The van der Waals surface area contributed by atoms with Crippen molar-refractivity contribution in [3.05, 3.63) is 0 Å². The molecule has 0 unspecified atom stereocenters. The molecular weight excluding hydrogens is 254 g/mol. The van der Waals surface area contributed by atoms with Crippen LogP contribution in [0.3, 0.4) is 0 Å². The fourth-order valence-corrected chi connectivity index (χ4v) is 2.85. The first-order chi connectivity index (χ1) is 9.54. The van der Waals surface area contributed by atoms with Gasteiger partial charge in [0.05, 0.1) is 6.61 Å². The van der Waals surface area contributed by atoms with Gasteiger partial charge in [-0.2, -0.15) is 0 Å². The Morgan fingerprint density at radius 3 is 2.40 bits per heavy atom. The third-order valence-corrected chi connectivity index (χ3v) is 4.04. The summed E-state index contributed by atoms with van der Waals surface area (Å²) in [6.07, 6.45) is 7.98. The van der Waals surface area contributed by atoms with Gasteiger partial charge in [-0.25, -0.2) is 0 Å². The molecule has 1 amide bonds. The van der Waals surface area contributed by atoms with Crippen molar-refractivity contribution in [2.24, 2.45) is 5.92 Å². The molecule has 0 bridgehead atoms. The SMILES string of the molecule is CCOC(=O)CN(C(=O)CCC1CCCCC1)C(C)C. The number of carbonyl (C=O) groups excluding carboxylic acids is 2. The Labute approximate surface area is 122 Å². The summed E-state index contributed by atoms with van der Waals surface area (Å²) in [5, 5.41) is 0. The lowest BCUT2D eigenvalue weighted by Crippen LogP contribution is -2.41. The molecule has 1 saturated carbocycles. The van der Waals surface area contributed by atoms with E-state index in [0.717, 1.165) is 6.42 Å². The Bertz CT molecular complexity index is 309. The van der Waals surface area contributed by atoms with Crippen LogP contribution in [-0.4, -0.2) is 36.0 Å². The van der Waals surface area contributed by atoms with Gasteiger partial charge in [0.1, 0.15) is 6.54 Å². The molecular formula is C16H29NO3. The molecule has 116 valence electrons. The highest BCUT2D eigenvalue weighted by Crippen LogP contribution is 2.27. The van der Waals surface area contributed by atoms with Crippen molar-refractivity contribution in [1.29, 1.82) is 0 Å². The largest absolute Gasteiger partial charge is 0.465 e. The molecule has 20 heavy (non-hydrogen) atoms. The molecule has 0 aromatic carbocycles. The van der Waals surface area contributed by atoms with Crippen molar-refractivity contribution >= 4 is 11.9 Å². The van der Waals surface area contributed by atoms with E-state index in [9.17, 15) is 9.59 Å². The summed E-state index contributed by atoms with van der Waals surface area (Å²) in [4.78, 5) is 25.5. The molecule has 0 spiro atoms. The second-order valence-electron chi connectivity index (χ2n) is 5.96. The maximum Gasteiger partial charge on any atom is 0.325 e. The van der Waals surface area contributed by atoms with E-state index in [1.807, 2.05) is 13.8 Å². The number of esters is 1. The first-order valence-electron chi connectivity index (χ1n) is 7.99. The maximum absolute atomic E-state index is 12.3. The van der Waals surface area contributed by atoms with Gasteiger partial charge < -0.3 is 9.64 Å². The second kappa shape index (κ2) is 8.98. The van der Waals surface area contributed by atoms with E-state index in [1.165, 1.54) is 32.1 Å². The minimum absolute atomic E-state index is 0.0401. The molecule has 0 radical (unpaired) electrons. The summed E-state index contributed by atoms with van der Waals surface area (Å²) in [5.74, 6) is 0.468. The van der Waals surface area contributed by atoms with Crippen LogP contribution in [-0.2, 0) is 14.3 Å². The average molecular weight is 283 g/mol. The standard InChI is InChI=1S/C16H29NO3/c1-4-20-16(19)12-17(13(2)3)15(18)11-10-14-8-6-5-7-9-14/h13-14H,4-12H2,1-3H3. The van der Waals surface area contributed by atoms with E-state index >= 15 is 0 Å². The van der Waals surface area contributed by atoms with Crippen LogP contribution < -0.4 is 0 Å². The van der Waals surface area contributed by atoms with E-state index in [2.05, 4.69) is 0 Å². The van der Waals surface area contributed by atoms with E-state index < -0.39 is 0 Å². The van der Waals surface area contributed by atoms with Crippen LogP contribution in [0.15, 0.2) is 0 Å². The van der Waals surface area contributed by atoms with Gasteiger partial charge in [0, 0.05) is 12.5 Å². The Morgan fingerprint density at radius 1 is 1.20 bits per heavy atom. The van der Waals surface area contributed by atoms with Crippen LogP contribution in [0.25, 0.3) is 0 Å². The number of ether oxygens (including phenoxy) is 1. The Balaban J connectivity index is 2.40. The molecule has 1 aliphatic rings. The van der Waals surface area contributed by atoms with Crippen LogP contribution in [0.4, 0.5) is 0 Å². The van der Waals surface area contributed by atoms with E-state index in [4.69, 9.17) is 4.74 Å². The molecule has 0 aromatic rings. The van der Waals surface area contributed by atoms with Crippen molar-refractivity contribution < 1.29 is 14.3 Å². The van der Waals surface area contributed by atoms with Crippen molar-refractivity contribution in [2.75, 3.05) is 13.2 Å². The van der Waals surface area contributed by atoms with Gasteiger partial charge in [-0.1, -0.05) is 32.1 Å². The van der Waals surface area contributed by atoms with Crippen LogP contribution in [0, 0.1) is 5.92 Å². The first kappa shape index (κ1) is 17.0. The van der Waals surface area contributed by atoms with Gasteiger partial charge in [-0.05, 0) is 33.1 Å². The van der Waals surface area contributed by atoms with E-state index in [-0.39, 0.29) is 24.5 Å². The summed E-state index contributed by atoms with van der Waals surface area (Å²) in [6.45, 7) is 6.11. The number of carbonyl (C=O) groups is 2. The third kappa shape index (κ3) is 5.93. The zero-order chi connectivity index (χ0) is 15.0. The van der Waals surface area contributed by atoms with Crippen LogP contribution in [0.5, 0.6) is 0 Å². The van der Waals surface area contributed by atoms with Gasteiger partial charge in [0.15, 0.2) is 0 Å². The molecule has 0 saturated heterocycles. The van der Waals surface area contributed by atoms with Gasteiger partial charge >= 0.3 is 5.97 Å². The lowest BCUT2D eigenvalue weighted by atomic mass is 9.86. The third-order valence-electron chi connectivity index (χ3n) is 4.04. The molecule has 0 aromatic heterocycles. The number of rotatable bonds is 7. The summed E-state index contributed by atoms with van der Waals surface area (Å²) >= 11 is 0. The first-order valence-corrected chi connectivity index (χ1v) is 7.99. The van der Waals surface area contributed by atoms with Crippen LogP contribution in [0.2, 0.25) is 0 Å². The molecule has 0 atom stereocenters. The maximum atomic E-state index is 12.3. The van der Waals surface area contributed by atoms with Gasteiger partial charge in [-0.3, -0.25) is 9.59 Å². The number of hydrogen-bond donors (Lipinski definition) is 0. The Morgan fingerprint density at radius 2 is 1.85 bits per heavy atom. The Kier molecular flexibility index (Phi) is 7.63. The van der Waals surface area contributed by atoms with E-state index in [1.54, 1.807) is 11.8 Å². The normalized spacial score (nSPS) is 16.2. The van der Waals surface area contributed by atoms with Gasteiger partial charge in [0.2, 0.25) is 5.91 Å². The topological polar surface area (TPSA) is 46.6 Å². The Hall–Kier alpha value is -1.06. The number of amides is 1. The van der Waals surface area contributed by atoms with Crippen LogP contribution >= 0.6 is 0 Å². The zero-order valence-electron chi connectivity index (χ0n) is 13.2. The molecule has 1 rings (SSSR count). The minimum Gasteiger partial charge on any atom is -0.465 e. The van der Waals surface area contributed by atoms with Crippen molar-refractivity contribution in [1.82, 2.24) is 4.90 Å². The fourth-order valence-electron chi connectivity index (χ4n) is 2.85. The van der Waals surface area contributed by atoms with Gasteiger partial charge in [0.25, 0.3) is 0 Å². The molecule has 0 aliphatic heterocycles. The smallest absolute Gasteiger partial charge is 0.325 e. The molecule has 4 nitrogen and oxygen atoms in total. The van der Waals surface area contributed by atoms with Gasteiger partial charge in [-0.15, -0.1) is 0 Å². The minimum atomic E-state index is -0.313.